The first-order valence-electron chi connectivity index (χ1n) is 8.12. The van der Waals surface area contributed by atoms with Gasteiger partial charge in [0.1, 0.15) is 0 Å². The standard InChI is InChI=1S/C10H24N2O.3C2H4O2/c1-4-11(5-2)7-8-12(6-3)9-10-13;3*1-2(3)4/h13H,4-10H2,1-3H3;3*1H3,(H,3,4). The molecule has 0 aliphatic carbocycles. The van der Waals surface area contributed by atoms with Gasteiger partial charge >= 0.3 is 0 Å². The van der Waals surface area contributed by atoms with E-state index in [1.165, 1.54) is 0 Å². The molecule has 0 unspecified atom stereocenters. The third-order valence-corrected chi connectivity index (χ3v) is 2.49. The zero-order valence-electron chi connectivity index (χ0n) is 16.4. The van der Waals surface area contributed by atoms with Gasteiger partial charge in [-0.1, -0.05) is 20.8 Å². The van der Waals surface area contributed by atoms with E-state index >= 15 is 0 Å². The number of nitrogens with zero attached hydrogens (tertiary/aromatic N) is 2. The molecule has 0 spiro atoms. The SMILES string of the molecule is CC(=O)O.CC(=O)O.CC(=O)O.CCN(CC)CCN(CC)CCO. The molecule has 0 saturated carbocycles. The van der Waals surface area contributed by atoms with Crippen molar-refractivity contribution in [3.8, 4) is 0 Å². The Balaban J connectivity index is -0.000000150. The molecule has 0 bridgehead atoms. The van der Waals surface area contributed by atoms with Crippen LogP contribution in [0.25, 0.3) is 0 Å². The highest BCUT2D eigenvalue weighted by molar-refractivity contribution is 5.63. The number of hydrogen-bond donors (Lipinski definition) is 4. The maximum absolute atomic E-state index is 9.00. The van der Waals surface area contributed by atoms with Crippen LogP contribution in [0.3, 0.4) is 0 Å². The summed E-state index contributed by atoms with van der Waals surface area (Å²) in [6, 6.07) is 0. The topological polar surface area (TPSA) is 139 Å². The molecule has 0 aliphatic heterocycles. The average molecular weight is 368 g/mol. The summed E-state index contributed by atoms with van der Waals surface area (Å²) in [6.07, 6.45) is 0. The lowest BCUT2D eigenvalue weighted by atomic mass is 10.4. The average Bonchev–Trinajstić information content (AvgIpc) is 2.45. The van der Waals surface area contributed by atoms with Crippen LogP contribution in [0.15, 0.2) is 0 Å². The fraction of sp³-hybridized carbons (Fsp3) is 0.812. The summed E-state index contributed by atoms with van der Waals surface area (Å²) < 4.78 is 0. The minimum atomic E-state index is -0.833. The smallest absolute Gasteiger partial charge is 0.300 e. The van der Waals surface area contributed by atoms with Gasteiger partial charge in [-0.3, -0.25) is 14.4 Å². The molecule has 0 radical (unpaired) electrons. The van der Waals surface area contributed by atoms with E-state index in [-0.39, 0.29) is 6.61 Å². The number of carboxylic acids is 3. The highest BCUT2D eigenvalue weighted by atomic mass is 16.4. The molecule has 4 N–H and O–H groups in total. The van der Waals surface area contributed by atoms with Crippen LogP contribution in [0.1, 0.15) is 41.5 Å². The normalized spacial score (nSPS) is 9.00. The predicted octanol–water partition coefficient (Wildman–Crippen LogP) is 0.915. The molecule has 0 saturated heterocycles. The van der Waals surface area contributed by atoms with E-state index in [4.69, 9.17) is 34.8 Å². The molecule has 152 valence electrons. The molecule has 9 nitrogen and oxygen atoms in total. The Kier molecular flexibility index (Phi) is 30.5. The maximum atomic E-state index is 9.00. The highest BCUT2D eigenvalue weighted by Crippen LogP contribution is 1.91. The van der Waals surface area contributed by atoms with Gasteiger partial charge in [-0.25, -0.2) is 0 Å². The Morgan fingerprint density at radius 2 is 0.880 bits per heavy atom. The minimum absolute atomic E-state index is 0.270. The van der Waals surface area contributed by atoms with Gasteiger partial charge in [-0.05, 0) is 19.6 Å². The molecule has 0 heterocycles. The second-order valence-electron chi connectivity index (χ2n) is 4.74. The van der Waals surface area contributed by atoms with Crippen LogP contribution in [0.2, 0.25) is 0 Å². The summed E-state index contributed by atoms with van der Waals surface area (Å²) in [6.45, 7) is 16.3. The number of aliphatic carboxylic acids is 3. The summed E-state index contributed by atoms with van der Waals surface area (Å²) >= 11 is 0. The summed E-state index contributed by atoms with van der Waals surface area (Å²) in [7, 11) is 0. The lowest BCUT2D eigenvalue weighted by Gasteiger charge is -2.24. The first-order chi connectivity index (χ1) is 11.5. The second kappa shape index (κ2) is 24.5. The summed E-state index contributed by atoms with van der Waals surface area (Å²) in [5.74, 6) is -2.50. The Morgan fingerprint density at radius 1 is 0.640 bits per heavy atom. The lowest BCUT2D eigenvalue weighted by molar-refractivity contribution is -0.135. The molecule has 0 aromatic heterocycles. The zero-order valence-corrected chi connectivity index (χ0v) is 16.4. The number of aliphatic hydroxyl groups is 1. The van der Waals surface area contributed by atoms with Crippen molar-refractivity contribution in [2.45, 2.75) is 41.5 Å². The highest BCUT2D eigenvalue weighted by Gasteiger charge is 2.03. The van der Waals surface area contributed by atoms with Crippen LogP contribution >= 0.6 is 0 Å². The van der Waals surface area contributed by atoms with Crippen molar-refractivity contribution in [2.75, 3.05) is 45.9 Å². The van der Waals surface area contributed by atoms with E-state index in [1.54, 1.807) is 0 Å². The monoisotopic (exact) mass is 368 g/mol. The van der Waals surface area contributed by atoms with Crippen molar-refractivity contribution in [1.29, 1.82) is 0 Å². The van der Waals surface area contributed by atoms with E-state index < -0.39 is 17.9 Å². The van der Waals surface area contributed by atoms with E-state index in [0.29, 0.717) is 0 Å². The van der Waals surface area contributed by atoms with Crippen LogP contribution in [-0.4, -0.2) is 94.0 Å². The Hall–Kier alpha value is -1.71. The van der Waals surface area contributed by atoms with Crippen LogP contribution in [-0.2, 0) is 14.4 Å². The number of aliphatic hydroxyl groups excluding tert-OH is 1. The van der Waals surface area contributed by atoms with Crippen molar-refractivity contribution in [2.24, 2.45) is 0 Å². The summed E-state index contributed by atoms with van der Waals surface area (Å²) in [4.78, 5) is 31.7. The molecule has 0 aromatic carbocycles. The second-order valence-corrected chi connectivity index (χ2v) is 4.74. The fourth-order valence-corrected chi connectivity index (χ4v) is 1.39. The molecule has 0 aromatic rings. The molecule has 0 atom stereocenters. The molecule has 25 heavy (non-hydrogen) atoms. The van der Waals surface area contributed by atoms with E-state index in [2.05, 4.69) is 30.6 Å². The van der Waals surface area contributed by atoms with Gasteiger partial charge in [0.05, 0.1) is 6.61 Å². The fourth-order valence-electron chi connectivity index (χ4n) is 1.39. The Labute approximate surface area is 150 Å². The minimum Gasteiger partial charge on any atom is -0.481 e. The molecule has 0 rings (SSSR count). The van der Waals surface area contributed by atoms with E-state index in [1.807, 2.05) is 0 Å². The number of likely N-dealkylation sites (N-methyl/N-ethyl adjacent to an activating group) is 2. The van der Waals surface area contributed by atoms with E-state index in [9.17, 15) is 0 Å². The van der Waals surface area contributed by atoms with E-state index in [0.717, 1.165) is 60.0 Å². The Morgan fingerprint density at radius 3 is 1.08 bits per heavy atom. The Bertz CT molecular complexity index is 281. The van der Waals surface area contributed by atoms with Crippen molar-refractivity contribution >= 4 is 17.9 Å². The third kappa shape index (κ3) is 60.8. The van der Waals surface area contributed by atoms with Gasteiger partial charge in [-0.2, -0.15) is 0 Å². The lowest BCUT2D eigenvalue weighted by Crippen LogP contribution is -2.36. The molecule has 0 fully saturated rings. The van der Waals surface area contributed by atoms with Crippen LogP contribution < -0.4 is 0 Å². The summed E-state index contributed by atoms with van der Waals surface area (Å²) in [5, 5.41) is 31.0. The van der Waals surface area contributed by atoms with Gasteiger partial charge < -0.3 is 30.2 Å². The molecule has 9 heteroatoms. The predicted molar refractivity (Wildman–Crippen MR) is 96.9 cm³/mol. The van der Waals surface area contributed by atoms with Gasteiger partial charge in [0.15, 0.2) is 0 Å². The molecular weight excluding hydrogens is 332 g/mol. The largest absolute Gasteiger partial charge is 0.481 e. The van der Waals surface area contributed by atoms with Gasteiger partial charge in [0.2, 0.25) is 0 Å². The van der Waals surface area contributed by atoms with Crippen LogP contribution in [0, 0.1) is 0 Å². The zero-order chi connectivity index (χ0) is 20.8. The van der Waals surface area contributed by atoms with Gasteiger partial charge in [0.25, 0.3) is 17.9 Å². The van der Waals surface area contributed by atoms with Crippen LogP contribution in [0.5, 0.6) is 0 Å². The van der Waals surface area contributed by atoms with Crippen molar-refractivity contribution in [3.63, 3.8) is 0 Å². The summed E-state index contributed by atoms with van der Waals surface area (Å²) in [5.41, 5.74) is 0. The number of hydrogen-bond acceptors (Lipinski definition) is 6. The molecule has 0 amide bonds. The number of rotatable bonds is 8. The van der Waals surface area contributed by atoms with Crippen molar-refractivity contribution in [3.05, 3.63) is 0 Å². The first kappa shape index (κ1) is 31.1. The first-order valence-corrected chi connectivity index (χ1v) is 8.12. The van der Waals surface area contributed by atoms with Gasteiger partial charge in [-0.15, -0.1) is 0 Å². The van der Waals surface area contributed by atoms with Gasteiger partial charge in [0, 0.05) is 40.4 Å². The molecular formula is C16H36N2O7. The number of carboxylic acid groups (broad SMARTS) is 3. The van der Waals surface area contributed by atoms with Crippen molar-refractivity contribution in [1.82, 2.24) is 9.80 Å². The molecule has 0 aliphatic rings. The van der Waals surface area contributed by atoms with Crippen LogP contribution in [0.4, 0.5) is 0 Å². The maximum Gasteiger partial charge on any atom is 0.300 e. The van der Waals surface area contributed by atoms with Crippen molar-refractivity contribution < 1.29 is 34.8 Å². The third-order valence-electron chi connectivity index (χ3n) is 2.49. The number of carbonyl (C=O) groups is 3. The quantitative estimate of drug-likeness (QED) is 0.492.